The predicted molar refractivity (Wildman–Crippen MR) is 118 cm³/mol. The minimum atomic E-state index is -0.153. The lowest BCUT2D eigenvalue weighted by Crippen LogP contribution is -2.44. The Bertz CT molecular complexity index is 761. The molecule has 0 fully saturated rings. The van der Waals surface area contributed by atoms with E-state index in [1.54, 1.807) is 0 Å². The summed E-state index contributed by atoms with van der Waals surface area (Å²) in [6.45, 7) is 23.5. The topological polar surface area (TPSA) is 29.5 Å². The molecule has 1 aromatic rings. The predicted octanol–water partition coefficient (Wildman–Crippen LogP) is 5.77. The molecule has 0 bridgehead atoms. The monoisotopic (exact) mass is 385 g/mol. The molecule has 0 amide bonds. The molecule has 0 saturated carbocycles. The number of nitrogens with zero attached hydrogens (tertiary/aromatic N) is 1. The standard InChI is InChI=1S/C25H39NO2/c1-10-13-16(4)26-15-22-17(5)20(11-2)21(14-23(27)28-12-3)18(6)24(22)25(8,9)19(26)7/h16H,7,10-15H2,1-6,8-9H3. The van der Waals surface area contributed by atoms with Crippen LogP contribution in [0.1, 0.15) is 87.8 Å². The molecule has 3 nitrogen and oxygen atoms in total. The van der Waals surface area contributed by atoms with Gasteiger partial charge in [0.1, 0.15) is 0 Å². The first kappa shape index (κ1) is 22.5. The van der Waals surface area contributed by atoms with Crippen LogP contribution < -0.4 is 0 Å². The number of benzene rings is 1. The van der Waals surface area contributed by atoms with Gasteiger partial charge in [0.2, 0.25) is 0 Å². The van der Waals surface area contributed by atoms with Crippen LogP contribution in [-0.4, -0.2) is 23.5 Å². The third-order valence-corrected chi connectivity index (χ3v) is 6.64. The van der Waals surface area contributed by atoms with E-state index in [0.717, 1.165) is 18.5 Å². The lowest BCUT2D eigenvalue weighted by Gasteiger charge is -2.48. The molecule has 0 N–H and O–H groups in total. The van der Waals surface area contributed by atoms with Crippen molar-refractivity contribution < 1.29 is 9.53 Å². The van der Waals surface area contributed by atoms with Gasteiger partial charge in [0.25, 0.3) is 0 Å². The maximum absolute atomic E-state index is 12.3. The second kappa shape index (κ2) is 8.71. The van der Waals surface area contributed by atoms with Crippen molar-refractivity contribution in [1.29, 1.82) is 0 Å². The molecule has 0 radical (unpaired) electrons. The fourth-order valence-corrected chi connectivity index (χ4v) is 5.08. The van der Waals surface area contributed by atoms with Crippen molar-refractivity contribution >= 4 is 5.97 Å². The van der Waals surface area contributed by atoms with E-state index in [2.05, 4.69) is 59.9 Å². The molecule has 1 aliphatic rings. The van der Waals surface area contributed by atoms with Gasteiger partial charge in [-0.05, 0) is 73.9 Å². The van der Waals surface area contributed by atoms with Crippen LogP contribution in [0.2, 0.25) is 0 Å². The molecule has 0 spiro atoms. The van der Waals surface area contributed by atoms with Gasteiger partial charge in [-0.15, -0.1) is 0 Å². The summed E-state index contributed by atoms with van der Waals surface area (Å²) in [7, 11) is 0. The summed E-state index contributed by atoms with van der Waals surface area (Å²) in [4.78, 5) is 14.8. The normalized spacial score (nSPS) is 16.7. The van der Waals surface area contributed by atoms with Crippen LogP contribution in [0.4, 0.5) is 0 Å². The number of carbonyl (C=O) groups excluding carboxylic acids is 1. The number of hydrogen-bond donors (Lipinski definition) is 0. The maximum atomic E-state index is 12.3. The summed E-state index contributed by atoms with van der Waals surface area (Å²) >= 11 is 0. The van der Waals surface area contributed by atoms with Gasteiger partial charge in [0, 0.05) is 23.7 Å². The van der Waals surface area contributed by atoms with Crippen molar-refractivity contribution in [3.63, 3.8) is 0 Å². The number of esters is 1. The molecular formula is C25H39NO2. The lowest BCUT2D eigenvalue weighted by atomic mass is 9.69. The summed E-state index contributed by atoms with van der Waals surface area (Å²) in [5.41, 5.74) is 8.91. The summed E-state index contributed by atoms with van der Waals surface area (Å²) in [6, 6.07) is 0.480. The molecule has 0 aliphatic carbocycles. The number of hydrogen-bond acceptors (Lipinski definition) is 3. The van der Waals surface area contributed by atoms with E-state index < -0.39 is 0 Å². The van der Waals surface area contributed by atoms with Crippen molar-refractivity contribution in [1.82, 2.24) is 4.90 Å². The third kappa shape index (κ3) is 3.86. The van der Waals surface area contributed by atoms with E-state index in [-0.39, 0.29) is 11.4 Å². The highest BCUT2D eigenvalue weighted by molar-refractivity contribution is 5.75. The molecule has 0 saturated heterocycles. The van der Waals surface area contributed by atoms with E-state index in [9.17, 15) is 4.79 Å². The molecule has 3 heteroatoms. The van der Waals surface area contributed by atoms with Gasteiger partial charge in [-0.3, -0.25) is 4.79 Å². The minimum Gasteiger partial charge on any atom is -0.466 e. The molecule has 0 aromatic heterocycles. The summed E-state index contributed by atoms with van der Waals surface area (Å²) in [6.07, 6.45) is 3.63. The Kier molecular flexibility index (Phi) is 7.01. The number of allylic oxidation sites excluding steroid dienone is 1. The van der Waals surface area contributed by atoms with Gasteiger partial charge < -0.3 is 9.64 Å². The van der Waals surface area contributed by atoms with Gasteiger partial charge in [-0.1, -0.05) is 40.7 Å². The van der Waals surface area contributed by atoms with E-state index >= 15 is 0 Å². The number of ether oxygens (including phenoxy) is 1. The van der Waals surface area contributed by atoms with Crippen LogP contribution in [0.5, 0.6) is 0 Å². The minimum absolute atomic E-state index is 0.134. The second-order valence-corrected chi connectivity index (χ2v) is 8.73. The van der Waals surface area contributed by atoms with Crippen molar-refractivity contribution in [2.45, 2.75) is 99.1 Å². The molecule has 156 valence electrons. The smallest absolute Gasteiger partial charge is 0.310 e. The first-order valence-corrected chi connectivity index (χ1v) is 10.9. The number of carbonyl (C=O) groups is 1. The van der Waals surface area contributed by atoms with E-state index in [4.69, 9.17) is 4.74 Å². The second-order valence-electron chi connectivity index (χ2n) is 8.73. The van der Waals surface area contributed by atoms with Gasteiger partial charge in [0.15, 0.2) is 0 Å². The Balaban J connectivity index is 2.67. The molecule has 2 rings (SSSR count). The highest BCUT2D eigenvalue weighted by atomic mass is 16.5. The quantitative estimate of drug-likeness (QED) is 0.558. The van der Waals surface area contributed by atoms with Crippen LogP contribution in [0.25, 0.3) is 0 Å². The summed E-state index contributed by atoms with van der Waals surface area (Å²) in [5.74, 6) is -0.134. The Morgan fingerprint density at radius 1 is 1.18 bits per heavy atom. The molecule has 1 heterocycles. The zero-order chi connectivity index (χ0) is 21.2. The van der Waals surface area contributed by atoms with E-state index in [1.807, 2.05) is 6.92 Å². The van der Waals surface area contributed by atoms with Crippen LogP contribution in [0, 0.1) is 13.8 Å². The van der Waals surface area contributed by atoms with Gasteiger partial charge in [0.05, 0.1) is 13.0 Å². The fraction of sp³-hybridized carbons (Fsp3) is 0.640. The SMILES string of the molecule is C=C1N(C(C)CCC)Cc2c(C)c(CC)c(CC(=O)OCC)c(C)c2C1(C)C. The fourth-order valence-electron chi connectivity index (χ4n) is 5.08. The zero-order valence-corrected chi connectivity index (χ0v) is 19.3. The highest BCUT2D eigenvalue weighted by Crippen LogP contribution is 2.46. The van der Waals surface area contributed by atoms with Crippen molar-refractivity contribution in [2.24, 2.45) is 0 Å². The Morgan fingerprint density at radius 3 is 2.36 bits per heavy atom. The molecular weight excluding hydrogens is 346 g/mol. The molecule has 1 aromatic carbocycles. The lowest BCUT2D eigenvalue weighted by molar-refractivity contribution is -0.142. The Hall–Kier alpha value is -1.77. The van der Waals surface area contributed by atoms with E-state index in [1.165, 1.54) is 46.4 Å². The Labute approximate surface area is 172 Å². The van der Waals surface area contributed by atoms with E-state index in [0.29, 0.717) is 19.1 Å². The van der Waals surface area contributed by atoms with Crippen molar-refractivity contribution in [3.05, 3.63) is 45.7 Å². The average molecular weight is 386 g/mol. The summed E-state index contributed by atoms with van der Waals surface area (Å²) in [5, 5.41) is 0. The maximum Gasteiger partial charge on any atom is 0.310 e. The average Bonchev–Trinajstić information content (AvgIpc) is 2.62. The van der Waals surface area contributed by atoms with Gasteiger partial charge in [-0.2, -0.15) is 0 Å². The first-order chi connectivity index (χ1) is 13.1. The zero-order valence-electron chi connectivity index (χ0n) is 19.3. The van der Waals surface area contributed by atoms with Crippen LogP contribution in [0.15, 0.2) is 12.3 Å². The molecule has 28 heavy (non-hydrogen) atoms. The first-order valence-electron chi connectivity index (χ1n) is 10.9. The molecule has 1 atom stereocenters. The van der Waals surface area contributed by atoms with Crippen LogP contribution in [-0.2, 0) is 34.3 Å². The van der Waals surface area contributed by atoms with Crippen molar-refractivity contribution in [2.75, 3.05) is 6.61 Å². The Morgan fingerprint density at radius 2 is 1.82 bits per heavy atom. The van der Waals surface area contributed by atoms with Gasteiger partial charge in [-0.25, -0.2) is 0 Å². The third-order valence-electron chi connectivity index (χ3n) is 6.64. The van der Waals surface area contributed by atoms with Crippen LogP contribution in [0.3, 0.4) is 0 Å². The highest BCUT2D eigenvalue weighted by Gasteiger charge is 2.40. The number of fused-ring (bicyclic) bond motifs is 1. The molecule has 1 aliphatic heterocycles. The van der Waals surface area contributed by atoms with Gasteiger partial charge >= 0.3 is 5.97 Å². The largest absolute Gasteiger partial charge is 0.466 e. The van der Waals surface area contributed by atoms with Crippen LogP contribution >= 0.6 is 0 Å². The summed E-state index contributed by atoms with van der Waals surface area (Å²) < 4.78 is 5.27. The number of rotatable bonds is 7. The molecule has 1 unspecified atom stereocenters. The van der Waals surface area contributed by atoms with Crippen molar-refractivity contribution in [3.8, 4) is 0 Å².